The second-order valence-electron chi connectivity index (χ2n) is 7.33. The standard InChI is InChI=1S/C26H24N4O6/c1-32-21-12-17(13-22(33-2)24(21)34-3)23(31)20-14-29-26(36-16-19-9-5-7-11-28-19)30-25(20)35-15-18-8-4-6-10-27-18/h4-14H,15-16H2,1-3H3. The largest absolute Gasteiger partial charge is 0.493 e. The minimum Gasteiger partial charge on any atom is -0.493 e. The molecule has 4 aromatic rings. The molecule has 0 fully saturated rings. The van der Waals surface area contributed by atoms with E-state index in [1.807, 2.05) is 24.3 Å². The first-order valence-electron chi connectivity index (χ1n) is 10.9. The third-order valence-corrected chi connectivity index (χ3v) is 5.06. The van der Waals surface area contributed by atoms with E-state index < -0.39 is 5.78 Å². The summed E-state index contributed by atoms with van der Waals surface area (Å²) in [6, 6.07) is 14.1. The third-order valence-electron chi connectivity index (χ3n) is 5.06. The SMILES string of the molecule is COc1cc(C(=O)c2cnc(OCc3ccccn3)nc2OCc2ccccn2)cc(OC)c1OC. The molecule has 0 radical (unpaired) electrons. The molecule has 0 N–H and O–H groups in total. The van der Waals surface area contributed by atoms with E-state index in [4.69, 9.17) is 23.7 Å². The van der Waals surface area contributed by atoms with Gasteiger partial charge in [-0.25, -0.2) is 4.98 Å². The van der Waals surface area contributed by atoms with Crippen LogP contribution in [0.2, 0.25) is 0 Å². The fourth-order valence-electron chi connectivity index (χ4n) is 3.30. The van der Waals surface area contributed by atoms with E-state index in [1.54, 1.807) is 36.7 Å². The number of nitrogens with zero attached hydrogens (tertiary/aromatic N) is 4. The van der Waals surface area contributed by atoms with E-state index in [0.29, 0.717) is 28.6 Å². The number of rotatable bonds is 11. The molecule has 1 aromatic carbocycles. The molecule has 0 atom stereocenters. The number of ketones is 1. The van der Waals surface area contributed by atoms with E-state index in [0.717, 1.165) is 0 Å². The van der Waals surface area contributed by atoms with Gasteiger partial charge in [0.25, 0.3) is 0 Å². The average Bonchev–Trinajstić information content (AvgIpc) is 2.94. The quantitative estimate of drug-likeness (QED) is 0.290. The average molecular weight is 489 g/mol. The predicted octanol–water partition coefficient (Wildman–Crippen LogP) is 3.68. The molecule has 0 saturated carbocycles. The van der Waals surface area contributed by atoms with Crippen LogP contribution < -0.4 is 23.7 Å². The molecule has 0 aliphatic heterocycles. The number of benzene rings is 1. The normalized spacial score (nSPS) is 10.4. The van der Waals surface area contributed by atoms with Crippen molar-refractivity contribution in [3.63, 3.8) is 0 Å². The zero-order valence-corrected chi connectivity index (χ0v) is 20.0. The number of aromatic nitrogens is 4. The number of hydrogen-bond acceptors (Lipinski definition) is 10. The first-order chi connectivity index (χ1) is 17.6. The van der Waals surface area contributed by atoms with E-state index in [9.17, 15) is 4.79 Å². The number of carbonyl (C=O) groups is 1. The highest BCUT2D eigenvalue weighted by molar-refractivity contribution is 6.10. The number of ether oxygens (including phenoxy) is 5. The van der Waals surface area contributed by atoms with Crippen molar-refractivity contribution in [3.05, 3.63) is 89.6 Å². The smallest absolute Gasteiger partial charge is 0.320 e. The van der Waals surface area contributed by atoms with Crippen molar-refractivity contribution < 1.29 is 28.5 Å². The molecule has 0 spiro atoms. The van der Waals surface area contributed by atoms with Crippen LogP contribution in [0.15, 0.2) is 67.1 Å². The summed E-state index contributed by atoms with van der Waals surface area (Å²) in [6.07, 6.45) is 4.68. The summed E-state index contributed by atoms with van der Waals surface area (Å²) < 4.78 is 27.7. The Kier molecular flexibility index (Phi) is 7.87. The highest BCUT2D eigenvalue weighted by Gasteiger charge is 2.23. The monoisotopic (exact) mass is 488 g/mol. The van der Waals surface area contributed by atoms with Crippen LogP contribution in [0.25, 0.3) is 0 Å². The van der Waals surface area contributed by atoms with Gasteiger partial charge in [-0.05, 0) is 36.4 Å². The third kappa shape index (κ3) is 5.66. The maximum Gasteiger partial charge on any atom is 0.320 e. The molecule has 0 aliphatic rings. The van der Waals surface area contributed by atoms with Crippen LogP contribution >= 0.6 is 0 Å². The van der Waals surface area contributed by atoms with Crippen LogP contribution in [0.1, 0.15) is 27.3 Å². The van der Waals surface area contributed by atoms with E-state index in [-0.39, 0.29) is 36.2 Å². The predicted molar refractivity (Wildman–Crippen MR) is 129 cm³/mol. The molecule has 4 rings (SSSR count). The van der Waals surface area contributed by atoms with Crippen LogP contribution in [0.4, 0.5) is 0 Å². The molecular weight excluding hydrogens is 464 g/mol. The van der Waals surface area contributed by atoms with Gasteiger partial charge in [-0.2, -0.15) is 4.98 Å². The van der Waals surface area contributed by atoms with Crippen molar-refractivity contribution >= 4 is 5.78 Å². The Hall–Kier alpha value is -4.73. The zero-order valence-electron chi connectivity index (χ0n) is 20.0. The van der Waals surface area contributed by atoms with E-state index in [2.05, 4.69) is 19.9 Å². The van der Waals surface area contributed by atoms with Gasteiger partial charge < -0.3 is 23.7 Å². The molecule has 0 aliphatic carbocycles. The van der Waals surface area contributed by atoms with Gasteiger partial charge in [0.1, 0.15) is 18.8 Å². The molecule has 10 heteroatoms. The second kappa shape index (κ2) is 11.6. The molecule has 3 aromatic heterocycles. The van der Waals surface area contributed by atoms with Crippen LogP contribution in [-0.4, -0.2) is 47.0 Å². The number of hydrogen-bond donors (Lipinski definition) is 0. The Morgan fingerprint density at radius 1 is 0.778 bits per heavy atom. The lowest BCUT2D eigenvalue weighted by Crippen LogP contribution is -2.11. The van der Waals surface area contributed by atoms with E-state index >= 15 is 0 Å². The summed E-state index contributed by atoms with van der Waals surface area (Å²) >= 11 is 0. The number of carbonyl (C=O) groups excluding carboxylic acids is 1. The summed E-state index contributed by atoms with van der Waals surface area (Å²) in [7, 11) is 4.44. The molecule has 10 nitrogen and oxygen atoms in total. The van der Waals surface area contributed by atoms with Crippen LogP contribution in [0, 0.1) is 0 Å². The zero-order chi connectivity index (χ0) is 25.3. The van der Waals surface area contributed by atoms with Crippen molar-refractivity contribution in [2.75, 3.05) is 21.3 Å². The fraction of sp³-hybridized carbons (Fsp3) is 0.192. The molecule has 184 valence electrons. The Balaban J connectivity index is 1.66. The Morgan fingerprint density at radius 2 is 1.39 bits per heavy atom. The Bertz CT molecular complexity index is 1290. The van der Waals surface area contributed by atoms with Crippen molar-refractivity contribution in [3.8, 4) is 29.1 Å². The lowest BCUT2D eigenvalue weighted by molar-refractivity contribution is 0.103. The molecule has 3 heterocycles. The summed E-state index contributed by atoms with van der Waals surface area (Å²) in [6.45, 7) is 0.244. The molecule has 0 unspecified atom stereocenters. The van der Waals surface area contributed by atoms with Crippen molar-refractivity contribution in [2.45, 2.75) is 13.2 Å². The summed E-state index contributed by atoms with van der Waals surface area (Å²) in [5.74, 6) is 0.699. The highest BCUT2D eigenvalue weighted by Crippen LogP contribution is 2.39. The van der Waals surface area contributed by atoms with Gasteiger partial charge in [0.15, 0.2) is 17.3 Å². The van der Waals surface area contributed by atoms with Crippen LogP contribution in [0.3, 0.4) is 0 Å². The number of pyridine rings is 2. The van der Waals surface area contributed by atoms with Crippen molar-refractivity contribution in [1.29, 1.82) is 0 Å². The molecular formula is C26H24N4O6. The van der Waals surface area contributed by atoms with Gasteiger partial charge in [-0.1, -0.05) is 12.1 Å². The summed E-state index contributed by atoms with van der Waals surface area (Å²) in [5, 5.41) is 0. The van der Waals surface area contributed by atoms with Gasteiger partial charge in [0.05, 0.1) is 32.7 Å². The molecule has 0 saturated heterocycles. The topological polar surface area (TPSA) is 115 Å². The first kappa shape index (κ1) is 24.4. The van der Waals surface area contributed by atoms with Gasteiger partial charge >= 0.3 is 6.01 Å². The van der Waals surface area contributed by atoms with Crippen molar-refractivity contribution in [2.24, 2.45) is 0 Å². The van der Waals surface area contributed by atoms with Gasteiger partial charge in [-0.15, -0.1) is 0 Å². The van der Waals surface area contributed by atoms with Gasteiger partial charge in [-0.3, -0.25) is 14.8 Å². The lowest BCUT2D eigenvalue weighted by Gasteiger charge is -2.15. The fourth-order valence-corrected chi connectivity index (χ4v) is 3.30. The molecule has 0 bridgehead atoms. The summed E-state index contributed by atoms with van der Waals surface area (Å²) in [4.78, 5) is 30.6. The molecule has 0 amide bonds. The second-order valence-corrected chi connectivity index (χ2v) is 7.33. The van der Waals surface area contributed by atoms with Crippen LogP contribution in [0.5, 0.6) is 29.1 Å². The maximum absolute atomic E-state index is 13.5. The minimum absolute atomic E-state index is 0.0399. The lowest BCUT2D eigenvalue weighted by atomic mass is 10.0. The highest BCUT2D eigenvalue weighted by atomic mass is 16.5. The number of methoxy groups -OCH3 is 3. The molecule has 36 heavy (non-hydrogen) atoms. The van der Waals surface area contributed by atoms with Crippen molar-refractivity contribution in [1.82, 2.24) is 19.9 Å². The Labute approximate surface area is 207 Å². The minimum atomic E-state index is -0.401. The van der Waals surface area contributed by atoms with E-state index in [1.165, 1.54) is 27.5 Å². The van der Waals surface area contributed by atoms with Gasteiger partial charge in [0, 0.05) is 24.2 Å². The van der Waals surface area contributed by atoms with Gasteiger partial charge in [0.2, 0.25) is 11.6 Å². The maximum atomic E-state index is 13.5. The first-order valence-corrected chi connectivity index (χ1v) is 10.9. The summed E-state index contributed by atoms with van der Waals surface area (Å²) in [5.41, 5.74) is 1.77. The Morgan fingerprint density at radius 3 is 1.92 bits per heavy atom. The van der Waals surface area contributed by atoms with Crippen LogP contribution in [-0.2, 0) is 13.2 Å².